The molecule has 0 saturated heterocycles. The van der Waals surface area contributed by atoms with Crippen LogP contribution in [0.4, 0.5) is 8.78 Å². The average Bonchev–Trinajstić information content (AvgIpc) is 2.04. The van der Waals surface area contributed by atoms with Crippen LogP contribution in [0.3, 0.4) is 0 Å². The molecule has 0 saturated carbocycles. The highest BCUT2D eigenvalue weighted by atomic mass is 19.1. The van der Waals surface area contributed by atoms with E-state index in [2.05, 4.69) is 0 Å². The number of benzene rings is 1. The molecule has 0 atom stereocenters. The predicted octanol–water partition coefficient (Wildman–Crippen LogP) is 2.50. The maximum absolute atomic E-state index is 13.1. The molecular formula is C9H8F2O. The fraction of sp³-hybridized carbons (Fsp3) is 0.222. The molecule has 0 fully saturated rings. The van der Waals surface area contributed by atoms with Crippen molar-refractivity contribution in [3.8, 4) is 0 Å². The van der Waals surface area contributed by atoms with Gasteiger partial charge in [0.25, 0.3) is 0 Å². The number of hydrogen-bond acceptors (Lipinski definition) is 1. The van der Waals surface area contributed by atoms with Gasteiger partial charge in [0.1, 0.15) is 12.5 Å². The highest BCUT2D eigenvalue weighted by molar-refractivity contribution is 5.94. The molecule has 0 N–H and O–H groups in total. The third kappa shape index (κ3) is 1.49. The van der Waals surface area contributed by atoms with Gasteiger partial charge >= 0.3 is 0 Å². The molecule has 0 bridgehead atoms. The van der Waals surface area contributed by atoms with Gasteiger partial charge in [0.15, 0.2) is 5.78 Å². The monoisotopic (exact) mass is 170 g/mol. The van der Waals surface area contributed by atoms with E-state index < -0.39 is 12.5 Å². The molecule has 0 aliphatic heterocycles. The van der Waals surface area contributed by atoms with Gasteiger partial charge < -0.3 is 0 Å². The summed E-state index contributed by atoms with van der Waals surface area (Å²) in [6.45, 7) is 0.368. The van der Waals surface area contributed by atoms with Gasteiger partial charge in [-0.25, -0.2) is 8.78 Å². The summed E-state index contributed by atoms with van der Waals surface area (Å²) in [6, 6.07) is 4.13. The lowest BCUT2D eigenvalue weighted by molar-refractivity contribution is 0.101. The minimum absolute atomic E-state index is 0.0508. The lowest BCUT2D eigenvalue weighted by Crippen LogP contribution is -1.99. The van der Waals surface area contributed by atoms with Crippen molar-refractivity contribution < 1.29 is 13.6 Å². The standard InChI is InChI=1S/C9H8F2O/c1-6(12)8-4-2-3-7(5-10)9(8)11/h2-4H,5H2,1H3. The molecule has 0 spiro atoms. The van der Waals surface area contributed by atoms with Crippen LogP contribution in [0.5, 0.6) is 0 Å². The Bertz CT molecular complexity index is 307. The first-order valence-electron chi connectivity index (χ1n) is 3.51. The normalized spacial score (nSPS) is 9.92. The van der Waals surface area contributed by atoms with Gasteiger partial charge in [-0.1, -0.05) is 12.1 Å². The van der Waals surface area contributed by atoms with E-state index in [0.29, 0.717) is 0 Å². The number of carbonyl (C=O) groups is 1. The number of ketones is 1. The van der Waals surface area contributed by atoms with E-state index in [-0.39, 0.29) is 16.9 Å². The Balaban J connectivity index is 3.23. The topological polar surface area (TPSA) is 17.1 Å². The average molecular weight is 170 g/mol. The van der Waals surface area contributed by atoms with Gasteiger partial charge in [-0.3, -0.25) is 4.79 Å². The summed E-state index contributed by atoms with van der Waals surface area (Å²) < 4.78 is 25.1. The smallest absolute Gasteiger partial charge is 0.162 e. The molecule has 64 valence electrons. The van der Waals surface area contributed by atoms with Crippen LogP contribution in [0.25, 0.3) is 0 Å². The van der Waals surface area contributed by atoms with Crippen LogP contribution >= 0.6 is 0 Å². The molecule has 0 aliphatic rings. The summed E-state index contributed by atoms with van der Waals surface area (Å²) >= 11 is 0. The Kier molecular flexibility index (Phi) is 2.53. The Hall–Kier alpha value is -1.25. The van der Waals surface area contributed by atoms with E-state index in [1.807, 2.05) is 0 Å². The van der Waals surface area contributed by atoms with Crippen molar-refractivity contribution in [3.05, 3.63) is 35.1 Å². The summed E-state index contributed by atoms with van der Waals surface area (Å²) in [5.74, 6) is -1.13. The third-order valence-electron chi connectivity index (χ3n) is 1.60. The van der Waals surface area contributed by atoms with Crippen molar-refractivity contribution >= 4 is 5.78 Å². The van der Waals surface area contributed by atoms with Gasteiger partial charge in [0.05, 0.1) is 5.56 Å². The fourth-order valence-corrected chi connectivity index (χ4v) is 0.955. The van der Waals surface area contributed by atoms with E-state index in [9.17, 15) is 13.6 Å². The molecule has 0 unspecified atom stereocenters. The van der Waals surface area contributed by atoms with Crippen molar-refractivity contribution in [2.24, 2.45) is 0 Å². The molecule has 0 aliphatic carbocycles. The SMILES string of the molecule is CC(=O)c1cccc(CF)c1F. The predicted molar refractivity (Wildman–Crippen MR) is 41.2 cm³/mol. The van der Waals surface area contributed by atoms with Crippen LogP contribution in [0.2, 0.25) is 0 Å². The van der Waals surface area contributed by atoms with Crippen molar-refractivity contribution in [3.63, 3.8) is 0 Å². The zero-order valence-corrected chi connectivity index (χ0v) is 6.60. The van der Waals surface area contributed by atoms with Crippen molar-refractivity contribution in [1.29, 1.82) is 0 Å². The fourth-order valence-electron chi connectivity index (χ4n) is 0.955. The third-order valence-corrected chi connectivity index (χ3v) is 1.60. The van der Waals surface area contributed by atoms with Crippen LogP contribution in [0.1, 0.15) is 22.8 Å². The summed E-state index contributed by atoms with van der Waals surface area (Å²) in [5, 5.41) is 0. The van der Waals surface area contributed by atoms with Crippen LogP contribution in [0.15, 0.2) is 18.2 Å². The maximum Gasteiger partial charge on any atom is 0.162 e. The molecule has 0 aromatic heterocycles. The Morgan fingerprint density at radius 3 is 2.67 bits per heavy atom. The molecule has 0 radical (unpaired) electrons. The van der Waals surface area contributed by atoms with Crippen LogP contribution in [0, 0.1) is 5.82 Å². The van der Waals surface area contributed by atoms with Crippen molar-refractivity contribution in [1.82, 2.24) is 0 Å². The summed E-state index contributed by atoms with van der Waals surface area (Å²) in [4.78, 5) is 10.8. The zero-order chi connectivity index (χ0) is 9.14. The number of alkyl halides is 1. The number of rotatable bonds is 2. The van der Waals surface area contributed by atoms with Gasteiger partial charge in [0.2, 0.25) is 0 Å². The highest BCUT2D eigenvalue weighted by Gasteiger charge is 2.10. The summed E-state index contributed by atoms with van der Waals surface area (Å²) in [6.07, 6.45) is 0. The van der Waals surface area contributed by atoms with E-state index in [0.717, 1.165) is 0 Å². The molecular weight excluding hydrogens is 162 g/mol. The van der Waals surface area contributed by atoms with Crippen molar-refractivity contribution in [2.45, 2.75) is 13.6 Å². The molecule has 1 aromatic carbocycles. The zero-order valence-electron chi connectivity index (χ0n) is 6.60. The van der Waals surface area contributed by atoms with E-state index in [4.69, 9.17) is 0 Å². The second-order valence-corrected chi connectivity index (χ2v) is 2.47. The lowest BCUT2D eigenvalue weighted by Gasteiger charge is -2.01. The van der Waals surface area contributed by atoms with E-state index >= 15 is 0 Å². The minimum Gasteiger partial charge on any atom is -0.294 e. The molecule has 0 amide bonds. The Morgan fingerprint density at radius 2 is 2.17 bits per heavy atom. The number of carbonyl (C=O) groups excluding carboxylic acids is 1. The molecule has 1 rings (SSSR count). The number of halogens is 2. The van der Waals surface area contributed by atoms with Crippen LogP contribution in [-0.2, 0) is 6.67 Å². The molecule has 1 aromatic rings. The van der Waals surface area contributed by atoms with Gasteiger partial charge in [-0.2, -0.15) is 0 Å². The van der Waals surface area contributed by atoms with E-state index in [1.54, 1.807) is 0 Å². The van der Waals surface area contributed by atoms with Gasteiger partial charge in [0, 0.05) is 5.56 Å². The van der Waals surface area contributed by atoms with E-state index in [1.165, 1.54) is 25.1 Å². The summed E-state index contributed by atoms with van der Waals surface area (Å²) in [7, 11) is 0. The second kappa shape index (κ2) is 3.43. The maximum atomic E-state index is 13.1. The van der Waals surface area contributed by atoms with Crippen molar-refractivity contribution in [2.75, 3.05) is 0 Å². The largest absolute Gasteiger partial charge is 0.294 e. The molecule has 3 heteroatoms. The first-order valence-corrected chi connectivity index (χ1v) is 3.51. The first-order chi connectivity index (χ1) is 5.66. The molecule has 12 heavy (non-hydrogen) atoms. The highest BCUT2D eigenvalue weighted by Crippen LogP contribution is 2.14. The van der Waals surface area contributed by atoms with Crippen LogP contribution in [-0.4, -0.2) is 5.78 Å². The Morgan fingerprint density at radius 1 is 1.50 bits per heavy atom. The quantitative estimate of drug-likeness (QED) is 0.623. The number of hydrogen-bond donors (Lipinski definition) is 0. The Labute approximate surface area is 69.0 Å². The second-order valence-electron chi connectivity index (χ2n) is 2.47. The first kappa shape index (κ1) is 8.84. The lowest BCUT2D eigenvalue weighted by atomic mass is 10.1. The van der Waals surface area contributed by atoms with Gasteiger partial charge in [-0.15, -0.1) is 0 Å². The van der Waals surface area contributed by atoms with Crippen LogP contribution < -0.4 is 0 Å². The summed E-state index contributed by atoms with van der Waals surface area (Å²) in [5.41, 5.74) is -0.118. The van der Waals surface area contributed by atoms with Gasteiger partial charge in [-0.05, 0) is 13.0 Å². The number of Topliss-reactive ketones (excluding diaryl/α,β-unsaturated/α-hetero) is 1. The molecule has 1 nitrogen and oxygen atoms in total. The molecule has 0 heterocycles. The minimum atomic E-state index is -0.882.